The van der Waals surface area contributed by atoms with Crippen LogP contribution in [0, 0.1) is 0 Å². The molecule has 0 spiro atoms. The number of fused-ring (bicyclic) bond motifs is 3. The molecule has 1 aromatic carbocycles. The first-order valence-electron chi connectivity index (χ1n) is 10.1. The molecule has 3 fully saturated rings. The van der Waals surface area contributed by atoms with Gasteiger partial charge >= 0.3 is 0 Å². The van der Waals surface area contributed by atoms with Gasteiger partial charge in [-0.3, -0.25) is 14.6 Å². The summed E-state index contributed by atoms with van der Waals surface area (Å²) >= 11 is 11.8. The summed E-state index contributed by atoms with van der Waals surface area (Å²) < 4.78 is 5.50. The van der Waals surface area contributed by atoms with E-state index in [9.17, 15) is 14.7 Å². The van der Waals surface area contributed by atoms with Gasteiger partial charge in [-0.25, -0.2) is 0 Å². The van der Waals surface area contributed by atoms with Gasteiger partial charge in [-0.15, -0.1) is 0 Å². The number of ether oxygens (including phenoxy) is 1. The molecule has 3 aliphatic carbocycles. The summed E-state index contributed by atoms with van der Waals surface area (Å²) in [5.74, 6) is -0.135. The Bertz CT molecular complexity index is 978. The number of nitrogens with one attached hydrogen (secondary N) is 2. The van der Waals surface area contributed by atoms with Crippen LogP contribution in [0.15, 0.2) is 42.6 Å². The number of halogens is 2. The van der Waals surface area contributed by atoms with Gasteiger partial charge in [0.05, 0.1) is 21.7 Å². The van der Waals surface area contributed by atoms with Gasteiger partial charge in [-0.1, -0.05) is 29.3 Å². The van der Waals surface area contributed by atoms with Crippen molar-refractivity contribution in [1.82, 2.24) is 15.6 Å². The Balaban J connectivity index is 1.34. The lowest BCUT2D eigenvalue weighted by Crippen LogP contribution is -2.70. The number of aromatic nitrogens is 1. The van der Waals surface area contributed by atoms with E-state index in [1.54, 1.807) is 42.6 Å². The molecule has 5 rings (SSSR count). The summed E-state index contributed by atoms with van der Waals surface area (Å²) in [4.78, 5) is 29.2. The number of rotatable bonds is 6. The number of carbonyl (C=O) groups excluding carboxylic acids is 2. The molecule has 31 heavy (non-hydrogen) atoms. The van der Waals surface area contributed by atoms with E-state index in [4.69, 9.17) is 27.9 Å². The van der Waals surface area contributed by atoms with Crippen molar-refractivity contribution in [3.05, 3.63) is 58.3 Å². The lowest BCUT2D eigenvalue weighted by molar-refractivity contribution is -0.132. The van der Waals surface area contributed by atoms with E-state index in [1.807, 2.05) is 0 Å². The van der Waals surface area contributed by atoms with Gasteiger partial charge < -0.3 is 20.5 Å². The topological polar surface area (TPSA) is 101 Å². The monoisotopic (exact) mass is 463 g/mol. The lowest BCUT2D eigenvalue weighted by Gasteiger charge is -2.56. The molecule has 0 radical (unpaired) electrons. The number of nitrogens with zero attached hydrogens (tertiary/aromatic N) is 1. The molecular weight excluding hydrogens is 441 g/mol. The fourth-order valence-electron chi connectivity index (χ4n) is 4.49. The van der Waals surface area contributed by atoms with Gasteiger partial charge in [0, 0.05) is 17.8 Å². The third-order valence-electron chi connectivity index (χ3n) is 6.25. The summed E-state index contributed by atoms with van der Waals surface area (Å²) in [5, 5.41) is 17.6. The second kappa shape index (κ2) is 8.65. The van der Waals surface area contributed by atoms with Crippen molar-refractivity contribution in [3.8, 4) is 5.75 Å². The Morgan fingerprint density at radius 3 is 2.52 bits per heavy atom. The highest BCUT2D eigenvalue weighted by molar-refractivity contribution is 6.42. The van der Waals surface area contributed by atoms with Crippen molar-refractivity contribution in [3.63, 3.8) is 0 Å². The van der Waals surface area contributed by atoms with E-state index in [-0.39, 0.29) is 18.4 Å². The van der Waals surface area contributed by atoms with E-state index in [0.29, 0.717) is 53.6 Å². The minimum Gasteiger partial charge on any atom is -0.484 e. The maximum atomic E-state index is 12.6. The van der Waals surface area contributed by atoms with Crippen molar-refractivity contribution >= 4 is 35.0 Å². The van der Waals surface area contributed by atoms with Gasteiger partial charge in [-0.2, -0.15) is 0 Å². The third kappa shape index (κ3) is 4.63. The van der Waals surface area contributed by atoms with Crippen molar-refractivity contribution in [2.24, 2.45) is 0 Å². The predicted molar refractivity (Wildman–Crippen MR) is 116 cm³/mol. The molecule has 7 nitrogen and oxygen atoms in total. The highest BCUT2D eigenvalue weighted by Crippen LogP contribution is 2.47. The Labute approximate surface area is 190 Å². The quantitative estimate of drug-likeness (QED) is 0.610. The van der Waals surface area contributed by atoms with Crippen LogP contribution in [0.3, 0.4) is 0 Å². The number of aliphatic hydroxyl groups is 1. The fourth-order valence-corrected chi connectivity index (χ4v) is 4.78. The van der Waals surface area contributed by atoms with Gasteiger partial charge in [-0.05, 0) is 56.4 Å². The number of carbonyl (C=O) groups is 2. The molecule has 2 bridgehead atoms. The number of hydrogen-bond donors (Lipinski definition) is 3. The van der Waals surface area contributed by atoms with Crippen LogP contribution >= 0.6 is 23.2 Å². The molecule has 3 saturated carbocycles. The average Bonchev–Trinajstić information content (AvgIpc) is 2.76. The highest BCUT2D eigenvalue weighted by Gasteiger charge is 2.55. The molecule has 2 aromatic rings. The van der Waals surface area contributed by atoms with Crippen molar-refractivity contribution in [2.45, 2.75) is 49.3 Å². The van der Waals surface area contributed by atoms with E-state index in [0.717, 1.165) is 0 Å². The molecule has 1 atom stereocenters. The maximum Gasteiger partial charge on any atom is 0.270 e. The number of pyridine rings is 1. The largest absolute Gasteiger partial charge is 0.484 e. The van der Waals surface area contributed by atoms with Crippen LogP contribution in [0.4, 0.5) is 0 Å². The van der Waals surface area contributed by atoms with Crippen LogP contribution in [0.25, 0.3) is 0 Å². The van der Waals surface area contributed by atoms with Gasteiger partial charge in [0.2, 0.25) is 0 Å². The van der Waals surface area contributed by atoms with Crippen LogP contribution in [0.1, 0.15) is 42.6 Å². The number of amides is 2. The molecule has 0 saturated heterocycles. The Hall–Kier alpha value is -2.35. The third-order valence-corrected chi connectivity index (χ3v) is 6.99. The van der Waals surface area contributed by atoms with Gasteiger partial charge in [0.1, 0.15) is 11.4 Å². The van der Waals surface area contributed by atoms with Crippen LogP contribution < -0.4 is 15.4 Å². The number of aliphatic hydroxyl groups excluding tert-OH is 1. The van der Waals surface area contributed by atoms with Crippen molar-refractivity contribution in [2.75, 3.05) is 6.61 Å². The summed E-state index contributed by atoms with van der Waals surface area (Å²) in [7, 11) is 0. The molecule has 9 heteroatoms. The first kappa shape index (κ1) is 21.9. The number of benzene rings is 1. The smallest absolute Gasteiger partial charge is 0.270 e. The molecular formula is C22H23Cl2N3O4. The van der Waals surface area contributed by atoms with Crippen LogP contribution in [0.2, 0.25) is 10.0 Å². The zero-order chi connectivity index (χ0) is 22.1. The summed E-state index contributed by atoms with van der Waals surface area (Å²) in [6.45, 7) is -0.200. The van der Waals surface area contributed by atoms with E-state index in [1.165, 1.54) is 0 Å². The first-order valence-corrected chi connectivity index (χ1v) is 10.9. The Kier molecular flexibility index (Phi) is 6.10. The molecule has 164 valence electrons. The van der Waals surface area contributed by atoms with Crippen molar-refractivity contribution < 1.29 is 19.4 Å². The first-order chi connectivity index (χ1) is 14.8. The second-order valence-corrected chi connectivity index (χ2v) is 9.05. The van der Waals surface area contributed by atoms with Gasteiger partial charge in [0.15, 0.2) is 6.61 Å². The second-order valence-electron chi connectivity index (χ2n) is 8.24. The van der Waals surface area contributed by atoms with Gasteiger partial charge in [0.25, 0.3) is 11.8 Å². The van der Waals surface area contributed by atoms with Crippen LogP contribution in [-0.4, -0.2) is 45.7 Å². The summed E-state index contributed by atoms with van der Waals surface area (Å²) in [5.41, 5.74) is -0.853. The molecule has 3 aliphatic rings. The van der Waals surface area contributed by atoms with E-state index < -0.39 is 17.2 Å². The molecule has 0 aliphatic heterocycles. The summed E-state index contributed by atoms with van der Waals surface area (Å²) in [6.07, 6.45) is 3.63. The molecule has 2 amide bonds. The Morgan fingerprint density at radius 1 is 1.10 bits per heavy atom. The minimum atomic E-state index is -0.770. The number of hydrogen-bond acceptors (Lipinski definition) is 5. The van der Waals surface area contributed by atoms with E-state index in [2.05, 4.69) is 15.6 Å². The average molecular weight is 464 g/mol. The molecule has 1 aromatic heterocycles. The van der Waals surface area contributed by atoms with E-state index >= 15 is 0 Å². The zero-order valence-electron chi connectivity index (χ0n) is 16.7. The SMILES string of the molecule is O=C(COc1ccc(Cl)c(Cl)c1)NC12CCC(NC(=O)c3ccccn3)(CC1)C[C@@H]2O. The highest BCUT2D eigenvalue weighted by atomic mass is 35.5. The predicted octanol–water partition coefficient (Wildman–Crippen LogP) is 3.13. The normalized spacial score (nSPS) is 26.9. The maximum absolute atomic E-state index is 12.6. The molecule has 3 N–H and O–H groups in total. The fraction of sp³-hybridized carbons (Fsp3) is 0.409. The standard InChI is InChI=1S/C22H23Cl2N3O4/c23-15-5-4-14(11-16(15)24)31-13-19(29)26-22-8-6-21(7-9-22,12-18(22)28)27-20(30)17-3-1-2-10-25-17/h1-5,10-11,18,28H,6-9,12-13H2,(H,26,29)(H,27,30)/t18-,21?,22?/m0/s1. The minimum absolute atomic E-state index is 0.200. The Morgan fingerprint density at radius 2 is 1.87 bits per heavy atom. The zero-order valence-corrected chi connectivity index (χ0v) is 18.2. The summed E-state index contributed by atoms with van der Waals surface area (Å²) in [6, 6.07) is 9.95. The molecule has 0 unspecified atom stereocenters. The lowest BCUT2D eigenvalue weighted by atomic mass is 9.60. The molecule has 1 heterocycles. The van der Waals surface area contributed by atoms with Crippen LogP contribution in [-0.2, 0) is 4.79 Å². The van der Waals surface area contributed by atoms with Crippen LogP contribution in [0.5, 0.6) is 5.75 Å². The van der Waals surface area contributed by atoms with Crippen molar-refractivity contribution in [1.29, 1.82) is 0 Å².